The van der Waals surface area contributed by atoms with E-state index in [0.717, 1.165) is 5.69 Å². The Morgan fingerprint density at radius 1 is 1.31 bits per heavy atom. The fourth-order valence-corrected chi connectivity index (χ4v) is 1.60. The van der Waals surface area contributed by atoms with Crippen molar-refractivity contribution < 1.29 is 9.90 Å². The van der Waals surface area contributed by atoms with Crippen molar-refractivity contribution in [1.82, 2.24) is 9.78 Å². The fourth-order valence-electron chi connectivity index (χ4n) is 1.60. The van der Waals surface area contributed by atoms with Gasteiger partial charge in [0, 0.05) is 0 Å². The number of carboxylic acid groups (broad SMARTS) is 1. The van der Waals surface area contributed by atoms with Crippen LogP contribution in [-0.2, 0) is 0 Å². The van der Waals surface area contributed by atoms with Gasteiger partial charge in [-0.05, 0) is 19.1 Å². The Kier molecular flexibility index (Phi) is 2.36. The molecule has 0 saturated heterocycles. The third-order valence-corrected chi connectivity index (χ3v) is 2.37. The van der Waals surface area contributed by atoms with E-state index in [4.69, 9.17) is 5.11 Å². The smallest absolute Gasteiger partial charge is 0.343 e. The van der Waals surface area contributed by atoms with Crippen LogP contribution < -0.4 is 5.56 Å². The first-order valence-corrected chi connectivity index (χ1v) is 4.71. The summed E-state index contributed by atoms with van der Waals surface area (Å²) in [6, 6.07) is 9.04. The van der Waals surface area contributed by atoms with Crippen molar-refractivity contribution in [2.24, 2.45) is 0 Å². The summed E-state index contributed by atoms with van der Waals surface area (Å²) in [6.45, 7) is 1.59. The SMILES string of the molecule is Cc1c(C(=O)O)c(=O)[nH]n1-c1ccccc1. The largest absolute Gasteiger partial charge is 0.477 e. The lowest BCUT2D eigenvalue weighted by Crippen LogP contribution is -2.12. The summed E-state index contributed by atoms with van der Waals surface area (Å²) in [4.78, 5) is 22.3. The molecule has 16 heavy (non-hydrogen) atoms. The summed E-state index contributed by atoms with van der Waals surface area (Å²) in [5, 5.41) is 11.4. The van der Waals surface area contributed by atoms with E-state index in [9.17, 15) is 9.59 Å². The Labute approximate surface area is 90.9 Å². The van der Waals surface area contributed by atoms with E-state index in [1.807, 2.05) is 18.2 Å². The van der Waals surface area contributed by atoms with Crippen molar-refractivity contribution in [3.05, 3.63) is 51.9 Å². The molecule has 0 amide bonds. The number of hydrogen-bond donors (Lipinski definition) is 2. The number of aromatic amines is 1. The lowest BCUT2D eigenvalue weighted by Gasteiger charge is -2.04. The molecule has 0 bridgehead atoms. The Hall–Kier alpha value is -2.30. The first-order chi connectivity index (χ1) is 7.61. The molecule has 0 atom stereocenters. The lowest BCUT2D eigenvalue weighted by molar-refractivity contribution is 0.0695. The molecule has 0 spiro atoms. The van der Waals surface area contributed by atoms with E-state index in [-0.39, 0.29) is 5.56 Å². The topological polar surface area (TPSA) is 75.1 Å². The summed E-state index contributed by atoms with van der Waals surface area (Å²) in [6.07, 6.45) is 0. The van der Waals surface area contributed by atoms with Gasteiger partial charge in [0.2, 0.25) is 0 Å². The second-order valence-electron chi connectivity index (χ2n) is 3.38. The van der Waals surface area contributed by atoms with E-state index in [1.54, 1.807) is 19.1 Å². The van der Waals surface area contributed by atoms with Gasteiger partial charge in [-0.1, -0.05) is 18.2 Å². The third-order valence-electron chi connectivity index (χ3n) is 2.37. The summed E-state index contributed by atoms with van der Waals surface area (Å²) in [5.41, 5.74) is 0.311. The predicted octanol–water partition coefficient (Wildman–Crippen LogP) is 1.17. The average Bonchev–Trinajstić information content (AvgIpc) is 2.55. The van der Waals surface area contributed by atoms with Gasteiger partial charge >= 0.3 is 5.97 Å². The molecule has 0 saturated carbocycles. The molecule has 0 radical (unpaired) electrons. The van der Waals surface area contributed by atoms with Crippen LogP contribution >= 0.6 is 0 Å². The number of aromatic carboxylic acids is 1. The summed E-state index contributed by atoms with van der Waals surface area (Å²) >= 11 is 0. The molecular formula is C11H10N2O3. The first-order valence-electron chi connectivity index (χ1n) is 4.71. The fraction of sp³-hybridized carbons (Fsp3) is 0.0909. The number of nitrogens with zero attached hydrogens (tertiary/aromatic N) is 1. The zero-order valence-corrected chi connectivity index (χ0v) is 8.60. The van der Waals surface area contributed by atoms with Crippen molar-refractivity contribution in [2.45, 2.75) is 6.92 Å². The molecule has 1 aromatic heterocycles. The number of carboxylic acids is 1. The van der Waals surface area contributed by atoms with Crippen molar-refractivity contribution in [2.75, 3.05) is 0 Å². The van der Waals surface area contributed by atoms with Crippen LogP contribution in [0.15, 0.2) is 35.1 Å². The molecule has 0 unspecified atom stereocenters. The number of rotatable bonds is 2. The second kappa shape index (κ2) is 3.69. The highest BCUT2D eigenvalue weighted by atomic mass is 16.4. The van der Waals surface area contributed by atoms with Crippen LogP contribution in [0, 0.1) is 6.92 Å². The third kappa shape index (κ3) is 1.52. The monoisotopic (exact) mass is 218 g/mol. The second-order valence-corrected chi connectivity index (χ2v) is 3.38. The quantitative estimate of drug-likeness (QED) is 0.794. The Morgan fingerprint density at radius 2 is 1.94 bits per heavy atom. The van der Waals surface area contributed by atoms with Gasteiger partial charge in [0.05, 0.1) is 11.4 Å². The zero-order chi connectivity index (χ0) is 11.7. The van der Waals surface area contributed by atoms with E-state index < -0.39 is 11.5 Å². The maximum absolute atomic E-state index is 11.4. The van der Waals surface area contributed by atoms with E-state index in [2.05, 4.69) is 5.10 Å². The first kappa shape index (κ1) is 10.2. The molecule has 82 valence electrons. The highest BCUT2D eigenvalue weighted by molar-refractivity contribution is 5.88. The minimum Gasteiger partial charge on any atom is -0.477 e. The molecule has 0 aliphatic heterocycles. The molecule has 5 heteroatoms. The van der Waals surface area contributed by atoms with Gasteiger partial charge in [0.25, 0.3) is 5.56 Å². The molecule has 2 aromatic rings. The van der Waals surface area contributed by atoms with Crippen LogP contribution in [0.1, 0.15) is 16.1 Å². The van der Waals surface area contributed by atoms with Gasteiger partial charge in [0.15, 0.2) is 0 Å². The molecule has 2 N–H and O–H groups in total. The van der Waals surface area contributed by atoms with Crippen molar-refractivity contribution in [1.29, 1.82) is 0 Å². The highest BCUT2D eigenvalue weighted by Crippen LogP contribution is 2.10. The maximum Gasteiger partial charge on any atom is 0.343 e. The Bertz CT molecular complexity index is 581. The minimum absolute atomic E-state index is 0.219. The summed E-state index contributed by atoms with van der Waals surface area (Å²) < 4.78 is 1.46. The number of nitrogens with one attached hydrogen (secondary N) is 1. The maximum atomic E-state index is 11.4. The molecule has 0 fully saturated rings. The molecule has 0 aliphatic carbocycles. The number of H-pyrrole nitrogens is 1. The Balaban J connectivity index is 2.65. The molecule has 1 aromatic carbocycles. The van der Waals surface area contributed by atoms with Crippen LogP contribution in [-0.4, -0.2) is 20.9 Å². The van der Waals surface area contributed by atoms with Gasteiger partial charge in [-0.15, -0.1) is 0 Å². The van der Waals surface area contributed by atoms with Gasteiger partial charge in [-0.25, -0.2) is 4.79 Å². The number of para-hydroxylation sites is 1. The van der Waals surface area contributed by atoms with Crippen LogP contribution in [0.5, 0.6) is 0 Å². The number of benzene rings is 1. The van der Waals surface area contributed by atoms with Crippen LogP contribution in [0.2, 0.25) is 0 Å². The molecular weight excluding hydrogens is 208 g/mol. The standard InChI is InChI=1S/C11H10N2O3/c1-7-9(11(15)16)10(14)12-13(7)8-5-3-2-4-6-8/h2-6H,1H3,(H,12,14)(H,15,16). The van der Waals surface area contributed by atoms with Crippen molar-refractivity contribution in [3.8, 4) is 5.69 Å². The van der Waals surface area contributed by atoms with Crippen LogP contribution in [0.4, 0.5) is 0 Å². The number of hydrogen-bond acceptors (Lipinski definition) is 2. The normalized spacial score (nSPS) is 10.3. The average molecular weight is 218 g/mol. The number of carbonyl (C=O) groups is 1. The van der Waals surface area contributed by atoms with E-state index in [1.165, 1.54) is 4.68 Å². The van der Waals surface area contributed by atoms with Crippen LogP contribution in [0.25, 0.3) is 5.69 Å². The minimum atomic E-state index is -1.21. The van der Waals surface area contributed by atoms with Crippen molar-refractivity contribution >= 4 is 5.97 Å². The summed E-state index contributed by atoms with van der Waals surface area (Å²) in [5.74, 6) is -1.21. The molecule has 1 heterocycles. The zero-order valence-electron chi connectivity index (χ0n) is 8.60. The molecule has 0 aliphatic rings. The Morgan fingerprint density at radius 3 is 2.44 bits per heavy atom. The molecule has 5 nitrogen and oxygen atoms in total. The van der Waals surface area contributed by atoms with Crippen molar-refractivity contribution in [3.63, 3.8) is 0 Å². The lowest BCUT2D eigenvalue weighted by atomic mass is 10.2. The van der Waals surface area contributed by atoms with E-state index in [0.29, 0.717) is 5.69 Å². The van der Waals surface area contributed by atoms with E-state index >= 15 is 0 Å². The van der Waals surface area contributed by atoms with Gasteiger partial charge < -0.3 is 5.11 Å². The highest BCUT2D eigenvalue weighted by Gasteiger charge is 2.17. The molecule has 2 rings (SSSR count). The van der Waals surface area contributed by atoms with Crippen LogP contribution in [0.3, 0.4) is 0 Å². The number of aromatic nitrogens is 2. The van der Waals surface area contributed by atoms with Gasteiger partial charge in [0.1, 0.15) is 5.56 Å². The van der Waals surface area contributed by atoms with Gasteiger partial charge in [-0.3, -0.25) is 14.6 Å². The van der Waals surface area contributed by atoms with Gasteiger partial charge in [-0.2, -0.15) is 0 Å². The predicted molar refractivity (Wildman–Crippen MR) is 58.1 cm³/mol. The summed E-state index contributed by atoms with van der Waals surface area (Å²) in [7, 11) is 0.